The molecule has 0 N–H and O–H groups in total. The first-order valence-electron chi connectivity index (χ1n) is 9.29. The molecule has 4 atom stereocenters. The maximum atomic E-state index is 12.9. The Balaban J connectivity index is 1.35. The second-order valence-corrected chi connectivity index (χ2v) is 8.02. The molecule has 2 saturated carbocycles. The third-order valence-electron chi connectivity index (χ3n) is 6.96. The van der Waals surface area contributed by atoms with E-state index in [-0.39, 0.29) is 40.9 Å². The zero-order valence-electron chi connectivity index (χ0n) is 14.2. The molecule has 1 aliphatic heterocycles. The lowest BCUT2D eigenvalue weighted by molar-refractivity contribution is -0.141. The number of hydrazone groups is 1. The van der Waals surface area contributed by atoms with Crippen LogP contribution in [0.4, 0.5) is 0 Å². The second-order valence-electron chi connectivity index (χ2n) is 8.02. The molecule has 3 fully saturated rings. The summed E-state index contributed by atoms with van der Waals surface area (Å²) in [5, 5.41) is 7.66. The van der Waals surface area contributed by atoms with Crippen molar-refractivity contribution in [2.75, 3.05) is 0 Å². The number of rotatable bonds is 2. The van der Waals surface area contributed by atoms with Crippen LogP contribution in [-0.4, -0.2) is 23.0 Å². The summed E-state index contributed by atoms with van der Waals surface area (Å²) in [5.41, 5.74) is 1.15. The maximum Gasteiger partial charge on any atom is 0.254 e. The predicted octanol–water partition coefficient (Wildman–Crippen LogP) is 3.37. The molecule has 4 nitrogen and oxygen atoms in total. The average molecular weight is 342 g/mol. The summed E-state index contributed by atoms with van der Waals surface area (Å²) < 4.78 is 0. The number of hydrogen-bond donors (Lipinski definition) is 0. The SMILES string of the molecule is O=C1[C@@H]2[C@@H](C(=O)N1/N=C\c1cccc3ccccc13)[C@@H]1C=C[C@H]2C12CC2. The highest BCUT2D eigenvalue weighted by Crippen LogP contribution is 2.73. The van der Waals surface area contributed by atoms with Gasteiger partial charge in [-0.25, -0.2) is 0 Å². The van der Waals surface area contributed by atoms with Gasteiger partial charge in [0, 0.05) is 5.56 Å². The molecule has 0 aromatic heterocycles. The highest BCUT2D eigenvalue weighted by molar-refractivity contribution is 6.08. The summed E-state index contributed by atoms with van der Waals surface area (Å²) in [6.45, 7) is 0. The van der Waals surface area contributed by atoms with Crippen molar-refractivity contribution < 1.29 is 9.59 Å². The van der Waals surface area contributed by atoms with E-state index in [0.717, 1.165) is 34.2 Å². The van der Waals surface area contributed by atoms with Crippen LogP contribution in [0, 0.1) is 29.1 Å². The number of imide groups is 1. The summed E-state index contributed by atoms with van der Waals surface area (Å²) in [4.78, 5) is 25.9. The summed E-state index contributed by atoms with van der Waals surface area (Å²) in [6, 6.07) is 14.0. The number of amides is 2. The Labute approximate surface area is 151 Å². The van der Waals surface area contributed by atoms with Gasteiger partial charge in [0.25, 0.3) is 11.8 Å². The number of carbonyl (C=O) groups excluding carboxylic acids is 2. The topological polar surface area (TPSA) is 49.7 Å². The third-order valence-corrected chi connectivity index (χ3v) is 6.96. The Morgan fingerprint density at radius 2 is 1.58 bits per heavy atom. The van der Waals surface area contributed by atoms with Gasteiger partial charge in [0.1, 0.15) is 0 Å². The van der Waals surface area contributed by atoms with Crippen LogP contribution in [0.5, 0.6) is 0 Å². The smallest absolute Gasteiger partial charge is 0.254 e. The van der Waals surface area contributed by atoms with Crippen molar-refractivity contribution in [2.24, 2.45) is 34.2 Å². The van der Waals surface area contributed by atoms with Crippen LogP contribution in [0.1, 0.15) is 18.4 Å². The summed E-state index contributed by atoms with van der Waals surface area (Å²) >= 11 is 0. The number of nitrogens with zero attached hydrogens (tertiary/aromatic N) is 2. The van der Waals surface area contributed by atoms with Gasteiger partial charge in [-0.2, -0.15) is 10.1 Å². The van der Waals surface area contributed by atoms with Crippen LogP contribution in [0.2, 0.25) is 0 Å². The second kappa shape index (κ2) is 4.70. The Bertz CT molecular complexity index is 994. The molecule has 0 radical (unpaired) electrons. The number of allylic oxidation sites excluding steroid dienone is 2. The molecule has 2 amide bonds. The molecule has 6 rings (SSSR count). The number of benzene rings is 2. The lowest BCUT2D eigenvalue weighted by atomic mass is 9.85. The molecule has 3 aliphatic carbocycles. The molecule has 4 aliphatic rings. The van der Waals surface area contributed by atoms with Gasteiger partial charge < -0.3 is 0 Å². The van der Waals surface area contributed by atoms with Crippen molar-refractivity contribution in [3.8, 4) is 0 Å². The van der Waals surface area contributed by atoms with Crippen molar-refractivity contribution in [1.82, 2.24) is 5.01 Å². The third kappa shape index (κ3) is 1.62. The predicted molar refractivity (Wildman–Crippen MR) is 98.2 cm³/mol. The molecule has 2 aromatic rings. The molecule has 1 saturated heterocycles. The summed E-state index contributed by atoms with van der Waals surface area (Å²) in [6.07, 6.45) is 8.33. The van der Waals surface area contributed by atoms with Gasteiger partial charge in [0.15, 0.2) is 0 Å². The van der Waals surface area contributed by atoms with E-state index in [1.807, 2.05) is 42.5 Å². The quantitative estimate of drug-likeness (QED) is 0.477. The van der Waals surface area contributed by atoms with E-state index in [4.69, 9.17) is 0 Å². The van der Waals surface area contributed by atoms with E-state index in [2.05, 4.69) is 17.3 Å². The summed E-state index contributed by atoms with van der Waals surface area (Å²) in [5.74, 6) is -0.119. The maximum absolute atomic E-state index is 12.9. The van der Waals surface area contributed by atoms with Gasteiger partial charge >= 0.3 is 0 Å². The average Bonchev–Trinajstić information content (AvgIpc) is 3.27. The first-order valence-corrected chi connectivity index (χ1v) is 9.29. The zero-order valence-corrected chi connectivity index (χ0v) is 14.2. The van der Waals surface area contributed by atoms with Crippen LogP contribution in [0.3, 0.4) is 0 Å². The van der Waals surface area contributed by atoms with E-state index in [1.165, 1.54) is 0 Å². The van der Waals surface area contributed by atoms with Crippen LogP contribution in [0.25, 0.3) is 10.8 Å². The Morgan fingerprint density at radius 3 is 2.27 bits per heavy atom. The van der Waals surface area contributed by atoms with Crippen LogP contribution < -0.4 is 0 Å². The molecule has 1 spiro atoms. The van der Waals surface area contributed by atoms with E-state index >= 15 is 0 Å². The fraction of sp³-hybridized carbons (Fsp3) is 0.318. The number of hydrogen-bond acceptors (Lipinski definition) is 3. The summed E-state index contributed by atoms with van der Waals surface area (Å²) in [7, 11) is 0. The van der Waals surface area contributed by atoms with Crippen molar-refractivity contribution in [3.63, 3.8) is 0 Å². The van der Waals surface area contributed by atoms with Gasteiger partial charge in [-0.1, -0.05) is 54.6 Å². The molecule has 4 heteroatoms. The fourth-order valence-electron chi connectivity index (χ4n) is 5.66. The van der Waals surface area contributed by atoms with E-state index in [1.54, 1.807) is 6.21 Å². The molecule has 0 unspecified atom stereocenters. The first-order chi connectivity index (χ1) is 12.7. The first kappa shape index (κ1) is 14.4. The minimum absolute atomic E-state index is 0.111. The highest BCUT2D eigenvalue weighted by atomic mass is 16.2. The van der Waals surface area contributed by atoms with Gasteiger partial charge in [0.05, 0.1) is 18.1 Å². The Kier molecular flexibility index (Phi) is 2.61. The zero-order chi connectivity index (χ0) is 17.5. The minimum Gasteiger partial charge on any atom is -0.272 e. The van der Waals surface area contributed by atoms with Crippen LogP contribution in [-0.2, 0) is 9.59 Å². The normalized spacial score (nSPS) is 33.2. The molecule has 128 valence electrons. The van der Waals surface area contributed by atoms with Crippen LogP contribution in [0.15, 0.2) is 59.7 Å². The Hall–Kier alpha value is -2.75. The van der Waals surface area contributed by atoms with E-state index in [9.17, 15) is 9.59 Å². The van der Waals surface area contributed by atoms with Gasteiger partial charge in [-0.15, -0.1) is 0 Å². The standard InChI is InChI=1S/C22H18N2O2/c25-20-18-16-8-9-17(22(16)10-11-22)19(18)21(26)24(20)23-12-14-6-3-5-13-4-1-2-7-15(13)14/h1-9,12,16-19H,10-11H2/b23-12-/t16-,17+,18-,19-/m0/s1. The molecular weight excluding hydrogens is 324 g/mol. The molecular formula is C22H18N2O2. The fourth-order valence-corrected chi connectivity index (χ4v) is 5.66. The van der Waals surface area contributed by atoms with Gasteiger partial charge in [-0.3, -0.25) is 9.59 Å². The lowest BCUT2D eigenvalue weighted by Crippen LogP contribution is -2.30. The Morgan fingerprint density at radius 1 is 0.923 bits per heavy atom. The van der Waals surface area contributed by atoms with E-state index in [0.29, 0.717) is 0 Å². The van der Waals surface area contributed by atoms with Crippen molar-refractivity contribution in [3.05, 3.63) is 60.2 Å². The van der Waals surface area contributed by atoms with Crippen LogP contribution >= 0.6 is 0 Å². The lowest BCUT2D eigenvalue weighted by Gasteiger charge is -2.18. The molecule has 2 aromatic carbocycles. The van der Waals surface area contributed by atoms with Crippen molar-refractivity contribution in [2.45, 2.75) is 12.8 Å². The van der Waals surface area contributed by atoms with E-state index < -0.39 is 0 Å². The largest absolute Gasteiger partial charge is 0.272 e. The number of fused-ring (bicyclic) bond motifs is 4. The van der Waals surface area contributed by atoms with Crippen molar-refractivity contribution >= 4 is 28.8 Å². The molecule has 1 heterocycles. The minimum atomic E-state index is -0.190. The van der Waals surface area contributed by atoms with Gasteiger partial charge in [-0.05, 0) is 40.9 Å². The number of carbonyl (C=O) groups is 2. The van der Waals surface area contributed by atoms with Gasteiger partial charge in [0.2, 0.25) is 0 Å². The van der Waals surface area contributed by atoms with Crippen molar-refractivity contribution in [1.29, 1.82) is 0 Å². The monoisotopic (exact) mass is 342 g/mol. The molecule has 2 bridgehead atoms. The highest BCUT2D eigenvalue weighted by Gasteiger charge is 2.73. The molecule has 26 heavy (non-hydrogen) atoms.